The van der Waals surface area contributed by atoms with E-state index in [1.54, 1.807) is 31.6 Å². The number of aromatic nitrogens is 3. The van der Waals surface area contributed by atoms with Crippen molar-refractivity contribution in [2.75, 3.05) is 69.4 Å². The van der Waals surface area contributed by atoms with E-state index in [1.807, 2.05) is 4.90 Å². The quantitative estimate of drug-likeness (QED) is 0.761. The minimum Gasteiger partial charge on any atom is -0.481 e. The fourth-order valence-corrected chi connectivity index (χ4v) is 3.44. The standard InChI is InChI=1S/C19H24N6O3/c1-27-18-3-2-15(13-20-18)19(26)25-6-4-23(5-7-25)16-12-17(22-21-14-16)24-8-10-28-11-9-24/h2-3,12-14H,4-11H2,1H3. The summed E-state index contributed by atoms with van der Waals surface area (Å²) in [5, 5.41) is 8.45. The molecule has 0 saturated carbocycles. The van der Waals surface area contributed by atoms with Gasteiger partial charge in [-0.05, 0) is 6.07 Å². The molecule has 0 atom stereocenters. The van der Waals surface area contributed by atoms with Crippen LogP contribution in [-0.4, -0.2) is 85.6 Å². The second kappa shape index (κ2) is 8.39. The second-order valence-electron chi connectivity index (χ2n) is 6.74. The van der Waals surface area contributed by atoms with Crippen LogP contribution in [0.2, 0.25) is 0 Å². The number of methoxy groups -OCH3 is 1. The number of amides is 1. The zero-order chi connectivity index (χ0) is 19.3. The van der Waals surface area contributed by atoms with Gasteiger partial charge in [0, 0.05) is 57.6 Å². The Kier molecular flexibility index (Phi) is 5.52. The maximum absolute atomic E-state index is 12.7. The molecule has 28 heavy (non-hydrogen) atoms. The van der Waals surface area contributed by atoms with E-state index in [1.165, 1.54) is 0 Å². The molecule has 2 saturated heterocycles. The van der Waals surface area contributed by atoms with Gasteiger partial charge in [0.1, 0.15) is 0 Å². The second-order valence-corrected chi connectivity index (χ2v) is 6.74. The average Bonchev–Trinajstić information content (AvgIpc) is 2.79. The van der Waals surface area contributed by atoms with Crippen molar-refractivity contribution in [3.8, 4) is 5.88 Å². The summed E-state index contributed by atoms with van der Waals surface area (Å²) in [7, 11) is 1.56. The van der Waals surface area contributed by atoms with Gasteiger partial charge in [-0.15, -0.1) is 5.10 Å². The van der Waals surface area contributed by atoms with Crippen molar-refractivity contribution in [2.24, 2.45) is 0 Å². The Morgan fingerprint density at radius 1 is 1.04 bits per heavy atom. The summed E-state index contributed by atoms with van der Waals surface area (Å²) in [5.41, 5.74) is 1.61. The van der Waals surface area contributed by atoms with Gasteiger partial charge in [0.05, 0.1) is 37.8 Å². The van der Waals surface area contributed by atoms with Crippen molar-refractivity contribution in [3.05, 3.63) is 36.2 Å². The summed E-state index contributed by atoms with van der Waals surface area (Å²) < 4.78 is 10.4. The van der Waals surface area contributed by atoms with Crippen LogP contribution in [0, 0.1) is 0 Å². The van der Waals surface area contributed by atoms with Gasteiger partial charge in [0.25, 0.3) is 5.91 Å². The van der Waals surface area contributed by atoms with Crippen LogP contribution < -0.4 is 14.5 Å². The van der Waals surface area contributed by atoms with Gasteiger partial charge in [-0.25, -0.2) is 4.98 Å². The van der Waals surface area contributed by atoms with Crippen molar-refractivity contribution in [1.82, 2.24) is 20.1 Å². The first-order valence-corrected chi connectivity index (χ1v) is 9.44. The number of pyridine rings is 1. The number of hydrogen-bond donors (Lipinski definition) is 0. The minimum atomic E-state index is -0.00309. The summed E-state index contributed by atoms with van der Waals surface area (Å²) in [5.74, 6) is 1.38. The van der Waals surface area contributed by atoms with Crippen LogP contribution in [0.1, 0.15) is 10.4 Å². The van der Waals surface area contributed by atoms with Gasteiger partial charge >= 0.3 is 0 Å². The smallest absolute Gasteiger partial charge is 0.255 e. The Hall–Kier alpha value is -2.94. The maximum Gasteiger partial charge on any atom is 0.255 e. The van der Waals surface area contributed by atoms with Crippen molar-refractivity contribution < 1.29 is 14.3 Å². The molecule has 148 valence electrons. The lowest BCUT2D eigenvalue weighted by atomic mass is 10.2. The summed E-state index contributed by atoms with van der Waals surface area (Å²) in [6.07, 6.45) is 3.35. The molecule has 2 fully saturated rings. The molecule has 1 amide bonds. The lowest BCUT2D eigenvalue weighted by Crippen LogP contribution is -2.49. The highest BCUT2D eigenvalue weighted by atomic mass is 16.5. The molecule has 0 bridgehead atoms. The molecule has 0 aromatic carbocycles. The van der Waals surface area contributed by atoms with Crippen molar-refractivity contribution in [3.63, 3.8) is 0 Å². The zero-order valence-electron chi connectivity index (χ0n) is 16.0. The van der Waals surface area contributed by atoms with Gasteiger partial charge < -0.3 is 24.2 Å². The van der Waals surface area contributed by atoms with Crippen LogP contribution in [-0.2, 0) is 4.74 Å². The molecule has 0 aliphatic carbocycles. The number of carbonyl (C=O) groups excluding carboxylic acids is 1. The molecule has 2 aromatic heterocycles. The largest absolute Gasteiger partial charge is 0.481 e. The van der Waals surface area contributed by atoms with Crippen LogP contribution in [0.25, 0.3) is 0 Å². The Balaban J connectivity index is 1.37. The van der Waals surface area contributed by atoms with Gasteiger partial charge in [-0.2, -0.15) is 5.10 Å². The van der Waals surface area contributed by atoms with E-state index in [9.17, 15) is 4.79 Å². The van der Waals surface area contributed by atoms with E-state index in [-0.39, 0.29) is 5.91 Å². The molecule has 0 spiro atoms. The predicted molar refractivity (Wildman–Crippen MR) is 104 cm³/mol. The normalized spacial score (nSPS) is 17.5. The van der Waals surface area contributed by atoms with Crippen molar-refractivity contribution >= 4 is 17.4 Å². The van der Waals surface area contributed by atoms with Crippen LogP contribution in [0.4, 0.5) is 11.5 Å². The van der Waals surface area contributed by atoms with Crippen LogP contribution in [0.3, 0.4) is 0 Å². The molecular formula is C19H24N6O3. The molecular weight excluding hydrogens is 360 g/mol. The Labute approximate surface area is 163 Å². The van der Waals surface area contributed by atoms with Gasteiger partial charge in [0.2, 0.25) is 5.88 Å². The number of rotatable bonds is 4. The molecule has 9 nitrogen and oxygen atoms in total. The molecule has 0 N–H and O–H groups in total. The number of carbonyl (C=O) groups is 1. The number of ether oxygens (including phenoxy) is 2. The zero-order valence-corrected chi connectivity index (χ0v) is 16.0. The molecule has 0 unspecified atom stereocenters. The fraction of sp³-hybridized carbons (Fsp3) is 0.474. The van der Waals surface area contributed by atoms with Gasteiger partial charge in [0.15, 0.2) is 5.82 Å². The van der Waals surface area contributed by atoms with E-state index in [2.05, 4.69) is 31.0 Å². The topological polar surface area (TPSA) is 83.9 Å². The summed E-state index contributed by atoms with van der Waals surface area (Å²) in [6, 6.07) is 5.53. The first-order valence-electron chi connectivity index (χ1n) is 9.44. The third-order valence-electron chi connectivity index (χ3n) is 5.09. The number of hydrogen-bond acceptors (Lipinski definition) is 8. The number of anilines is 2. The van der Waals surface area contributed by atoms with Crippen LogP contribution in [0.5, 0.6) is 5.88 Å². The Morgan fingerprint density at radius 2 is 1.82 bits per heavy atom. The van der Waals surface area contributed by atoms with E-state index in [4.69, 9.17) is 9.47 Å². The van der Waals surface area contributed by atoms with E-state index in [0.29, 0.717) is 37.7 Å². The highest BCUT2D eigenvalue weighted by Crippen LogP contribution is 2.21. The molecule has 2 aliphatic heterocycles. The highest BCUT2D eigenvalue weighted by molar-refractivity contribution is 5.94. The van der Waals surface area contributed by atoms with E-state index >= 15 is 0 Å². The minimum absolute atomic E-state index is 0.00309. The molecule has 2 aromatic rings. The van der Waals surface area contributed by atoms with Crippen LogP contribution in [0.15, 0.2) is 30.6 Å². The maximum atomic E-state index is 12.7. The molecule has 4 rings (SSSR count). The third-order valence-corrected chi connectivity index (χ3v) is 5.09. The number of nitrogens with zero attached hydrogens (tertiary/aromatic N) is 6. The Bertz CT molecular complexity index is 802. The summed E-state index contributed by atoms with van der Waals surface area (Å²) in [4.78, 5) is 23.1. The molecule has 2 aliphatic rings. The van der Waals surface area contributed by atoms with E-state index in [0.717, 1.165) is 37.7 Å². The molecule has 0 radical (unpaired) electrons. The number of piperazine rings is 1. The first kappa shape index (κ1) is 18.4. The lowest BCUT2D eigenvalue weighted by Gasteiger charge is -2.36. The summed E-state index contributed by atoms with van der Waals surface area (Å²) in [6.45, 7) is 5.90. The van der Waals surface area contributed by atoms with Gasteiger partial charge in [-0.3, -0.25) is 4.79 Å². The predicted octanol–water partition coefficient (Wildman–Crippen LogP) is 0.679. The SMILES string of the molecule is COc1ccc(C(=O)N2CCN(c3cnnc(N4CCOCC4)c3)CC2)cn1. The van der Waals surface area contributed by atoms with Crippen LogP contribution >= 0.6 is 0 Å². The third kappa shape index (κ3) is 3.99. The lowest BCUT2D eigenvalue weighted by molar-refractivity contribution is 0.0746. The first-order chi connectivity index (χ1) is 13.7. The Morgan fingerprint density at radius 3 is 2.50 bits per heavy atom. The monoisotopic (exact) mass is 384 g/mol. The highest BCUT2D eigenvalue weighted by Gasteiger charge is 2.23. The van der Waals surface area contributed by atoms with Gasteiger partial charge in [-0.1, -0.05) is 0 Å². The van der Waals surface area contributed by atoms with Crippen molar-refractivity contribution in [1.29, 1.82) is 0 Å². The summed E-state index contributed by atoms with van der Waals surface area (Å²) >= 11 is 0. The van der Waals surface area contributed by atoms with E-state index < -0.39 is 0 Å². The molecule has 4 heterocycles. The number of morpholine rings is 1. The molecule has 9 heteroatoms. The average molecular weight is 384 g/mol. The van der Waals surface area contributed by atoms with Crippen molar-refractivity contribution in [2.45, 2.75) is 0 Å². The fourth-order valence-electron chi connectivity index (χ4n) is 3.44.